The van der Waals surface area contributed by atoms with Crippen molar-refractivity contribution in [2.45, 2.75) is 23.1 Å². The molecule has 8 nitrogen and oxygen atoms in total. The van der Waals surface area contributed by atoms with Gasteiger partial charge in [-0.05, 0) is 55.5 Å². The lowest BCUT2D eigenvalue weighted by atomic mass is 10.1. The van der Waals surface area contributed by atoms with Crippen LogP contribution in [0.25, 0.3) is 27.7 Å². The van der Waals surface area contributed by atoms with Crippen molar-refractivity contribution in [2.75, 3.05) is 0 Å². The molecular weight excluding hydrogens is 518 g/mol. The molecule has 5 aromatic rings. The first kappa shape index (κ1) is 24.4. The topological polar surface area (TPSA) is 99.5 Å². The summed E-state index contributed by atoms with van der Waals surface area (Å²) < 4.78 is 62.9. The highest BCUT2D eigenvalue weighted by Gasteiger charge is 2.31. The second-order valence-electron chi connectivity index (χ2n) is 7.92. The number of aryl methyl sites for hydroxylation is 2. The highest BCUT2D eigenvalue weighted by Crippen LogP contribution is 2.38. The largest absolute Gasteiger partial charge is 0.573 e. The Kier molecular flexibility index (Phi) is 5.74. The molecule has 1 N–H and O–H groups in total. The van der Waals surface area contributed by atoms with Crippen LogP contribution in [0, 0.1) is 12.7 Å². The molecule has 0 unspecified atom stereocenters. The predicted octanol–water partition coefficient (Wildman–Crippen LogP) is 5.03. The molecule has 0 spiro atoms. The Morgan fingerprint density at radius 1 is 1.03 bits per heavy atom. The first-order valence-electron chi connectivity index (χ1n) is 10.5. The highest BCUT2D eigenvalue weighted by molar-refractivity contribution is 7.99. The quantitative estimate of drug-likeness (QED) is 0.324. The maximum Gasteiger partial charge on any atom is 0.573 e. The number of fused-ring (bicyclic) bond motifs is 3. The van der Waals surface area contributed by atoms with Crippen molar-refractivity contribution in [1.29, 1.82) is 0 Å². The van der Waals surface area contributed by atoms with Gasteiger partial charge < -0.3 is 14.3 Å². The Hall–Kier alpha value is -4.26. The van der Waals surface area contributed by atoms with E-state index in [4.69, 9.17) is 4.42 Å². The van der Waals surface area contributed by atoms with E-state index in [0.29, 0.717) is 10.6 Å². The Morgan fingerprint density at radius 2 is 1.68 bits per heavy atom. The molecule has 37 heavy (non-hydrogen) atoms. The molecule has 0 aliphatic carbocycles. The summed E-state index contributed by atoms with van der Waals surface area (Å²) in [4.78, 5) is 26.7. The molecule has 13 heteroatoms. The molecule has 5 rings (SSSR count). The van der Waals surface area contributed by atoms with Crippen molar-refractivity contribution >= 4 is 33.8 Å². The molecule has 0 saturated carbocycles. The maximum atomic E-state index is 13.7. The second-order valence-corrected chi connectivity index (χ2v) is 9.00. The number of alkyl halides is 3. The summed E-state index contributed by atoms with van der Waals surface area (Å²) in [7, 11) is 1.54. The van der Waals surface area contributed by atoms with Crippen LogP contribution in [0.15, 0.2) is 72.3 Å². The normalized spacial score (nSPS) is 11.9. The molecule has 2 aromatic carbocycles. The fourth-order valence-corrected chi connectivity index (χ4v) is 4.84. The summed E-state index contributed by atoms with van der Waals surface area (Å²) in [5.74, 6) is -1.64. The van der Waals surface area contributed by atoms with E-state index in [2.05, 4.69) is 9.84 Å². The standard InChI is InChI=1S/C24H15F4N3O5S/c1-11-16-19-17(18(32)20(23(34)35-19)37-15-9-3-12(25)4-10-15)22(33)31(21(16)30(2)29-11)13-5-7-14(8-6-13)36-24(26,27)28/h3-10,32H,1-2H3. The molecule has 190 valence electrons. The molecule has 0 saturated heterocycles. The lowest BCUT2D eigenvalue weighted by Gasteiger charge is -2.14. The van der Waals surface area contributed by atoms with Gasteiger partial charge in [-0.1, -0.05) is 11.8 Å². The van der Waals surface area contributed by atoms with Crippen LogP contribution >= 0.6 is 11.8 Å². The van der Waals surface area contributed by atoms with Gasteiger partial charge in [0.15, 0.2) is 11.3 Å². The van der Waals surface area contributed by atoms with Crippen molar-refractivity contribution in [3.63, 3.8) is 0 Å². The van der Waals surface area contributed by atoms with Crippen molar-refractivity contribution in [2.24, 2.45) is 7.05 Å². The van der Waals surface area contributed by atoms with E-state index in [1.54, 1.807) is 6.92 Å². The number of ether oxygens (including phenoxy) is 1. The van der Waals surface area contributed by atoms with Gasteiger partial charge in [0.25, 0.3) is 5.56 Å². The zero-order chi connectivity index (χ0) is 26.6. The Balaban J connectivity index is 1.78. The van der Waals surface area contributed by atoms with Crippen LogP contribution in [0.3, 0.4) is 0 Å². The number of pyridine rings is 1. The molecule has 0 aliphatic rings. The summed E-state index contributed by atoms with van der Waals surface area (Å²) in [6, 6.07) is 9.67. The first-order valence-corrected chi connectivity index (χ1v) is 11.3. The van der Waals surface area contributed by atoms with E-state index in [1.165, 1.54) is 48.1 Å². The number of rotatable bonds is 4. The van der Waals surface area contributed by atoms with Gasteiger partial charge in [-0.2, -0.15) is 5.10 Å². The number of aromatic hydroxyl groups is 1. The molecule has 0 atom stereocenters. The fraction of sp³-hybridized carbons (Fsp3) is 0.125. The summed E-state index contributed by atoms with van der Waals surface area (Å²) in [6.45, 7) is 1.61. The van der Waals surface area contributed by atoms with E-state index in [0.717, 1.165) is 28.5 Å². The average molecular weight is 533 g/mol. The summed E-state index contributed by atoms with van der Waals surface area (Å²) in [6.07, 6.45) is -4.89. The van der Waals surface area contributed by atoms with Crippen LogP contribution in [0.1, 0.15) is 5.69 Å². The third kappa shape index (κ3) is 4.31. The number of hydrogen-bond donors (Lipinski definition) is 1. The zero-order valence-corrected chi connectivity index (χ0v) is 19.8. The van der Waals surface area contributed by atoms with Crippen molar-refractivity contribution in [3.05, 3.63) is 80.8 Å². The molecule has 0 fully saturated rings. The van der Waals surface area contributed by atoms with Crippen LogP contribution in [-0.4, -0.2) is 25.8 Å². The van der Waals surface area contributed by atoms with Crippen molar-refractivity contribution in [3.8, 4) is 17.2 Å². The van der Waals surface area contributed by atoms with E-state index < -0.39 is 34.9 Å². The van der Waals surface area contributed by atoms with Crippen molar-refractivity contribution in [1.82, 2.24) is 14.3 Å². The van der Waals surface area contributed by atoms with E-state index in [-0.39, 0.29) is 32.6 Å². The number of benzene rings is 2. The van der Waals surface area contributed by atoms with E-state index in [9.17, 15) is 32.3 Å². The SMILES string of the molecule is Cc1nn(C)c2c1c1oc(=O)c(Sc3ccc(F)cc3)c(O)c1c(=O)n2-c1ccc(OC(F)(F)F)cc1. The summed E-state index contributed by atoms with van der Waals surface area (Å²) in [5, 5.41) is 15.3. The minimum absolute atomic E-state index is 0.146. The van der Waals surface area contributed by atoms with E-state index >= 15 is 0 Å². The number of halogens is 4. The molecule has 3 aromatic heterocycles. The van der Waals surface area contributed by atoms with Gasteiger partial charge in [-0.3, -0.25) is 14.0 Å². The highest BCUT2D eigenvalue weighted by atomic mass is 32.2. The Labute approximate surface area is 208 Å². The van der Waals surface area contributed by atoms with Gasteiger partial charge in [0.05, 0.1) is 16.8 Å². The molecule has 0 bridgehead atoms. The molecular formula is C24H15F4N3O5S. The lowest BCUT2D eigenvalue weighted by Crippen LogP contribution is -2.22. The monoisotopic (exact) mass is 533 g/mol. The average Bonchev–Trinajstić information content (AvgIpc) is 3.11. The van der Waals surface area contributed by atoms with Gasteiger partial charge in [0.2, 0.25) is 0 Å². The Bertz CT molecular complexity index is 1790. The minimum atomic E-state index is -4.89. The van der Waals surface area contributed by atoms with E-state index in [1.807, 2.05) is 0 Å². The number of hydrogen-bond acceptors (Lipinski definition) is 7. The van der Waals surface area contributed by atoms with Crippen LogP contribution in [-0.2, 0) is 7.05 Å². The number of nitrogens with zero attached hydrogens (tertiary/aromatic N) is 3. The molecule has 0 aliphatic heterocycles. The van der Waals surface area contributed by atoms with Gasteiger partial charge in [-0.15, -0.1) is 13.2 Å². The van der Waals surface area contributed by atoms with Gasteiger partial charge >= 0.3 is 12.0 Å². The molecule has 0 radical (unpaired) electrons. The molecule has 0 amide bonds. The van der Waals surface area contributed by atoms with Gasteiger partial charge in [0.1, 0.15) is 27.5 Å². The fourth-order valence-electron chi connectivity index (χ4n) is 4.01. The van der Waals surface area contributed by atoms with Crippen LogP contribution in [0.5, 0.6) is 11.5 Å². The van der Waals surface area contributed by atoms with Crippen LogP contribution in [0.4, 0.5) is 17.6 Å². The predicted molar refractivity (Wildman–Crippen MR) is 126 cm³/mol. The van der Waals surface area contributed by atoms with Crippen LogP contribution < -0.4 is 15.9 Å². The molecule has 3 heterocycles. The van der Waals surface area contributed by atoms with Gasteiger partial charge in [-0.25, -0.2) is 9.18 Å². The smallest absolute Gasteiger partial charge is 0.505 e. The first-order chi connectivity index (χ1) is 17.4. The third-order valence-corrected chi connectivity index (χ3v) is 6.54. The number of aromatic nitrogens is 3. The van der Waals surface area contributed by atoms with Crippen LogP contribution in [0.2, 0.25) is 0 Å². The zero-order valence-electron chi connectivity index (χ0n) is 19.0. The van der Waals surface area contributed by atoms with Crippen molar-refractivity contribution < 1.29 is 31.8 Å². The van der Waals surface area contributed by atoms with Gasteiger partial charge in [0, 0.05) is 11.9 Å². The summed E-state index contributed by atoms with van der Waals surface area (Å²) >= 11 is 0.782. The second kappa shape index (κ2) is 8.69. The Morgan fingerprint density at radius 3 is 2.30 bits per heavy atom. The maximum absolute atomic E-state index is 13.7. The lowest BCUT2D eigenvalue weighted by molar-refractivity contribution is -0.274. The third-order valence-electron chi connectivity index (χ3n) is 5.47. The summed E-state index contributed by atoms with van der Waals surface area (Å²) in [5.41, 5.74) is -1.22. The minimum Gasteiger partial charge on any atom is -0.505 e.